The molecule has 12 nitrogen and oxygen atoms in total. The quantitative estimate of drug-likeness (QED) is 0.156. The molecule has 0 bridgehead atoms. The number of likely N-dealkylation sites (tertiary alicyclic amines) is 1. The summed E-state index contributed by atoms with van der Waals surface area (Å²) in [6.45, 7) is 12.6. The number of benzene rings is 3. The zero-order chi connectivity index (χ0) is 42.8. The van der Waals surface area contributed by atoms with Crippen LogP contribution in [0.25, 0.3) is 54.8 Å². The number of carbonyl (C=O) groups excluding carboxylic acids is 2. The molecule has 4 aromatic heterocycles. The summed E-state index contributed by atoms with van der Waals surface area (Å²) in [5.74, 6) is 1.98. The largest absolute Gasteiger partial charge is 0.464 e. The molecule has 3 unspecified atom stereocenters. The highest BCUT2D eigenvalue weighted by Crippen LogP contribution is 2.48. The number of thiophene rings is 1. The fourth-order valence-corrected chi connectivity index (χ4v) is 9.37. The number of aromatic nitrogens is 5. The number of aromatic amines is 2. The van der Waals surface area contributed by atoms with Crippen LogP contribution in [0.3, 0.4) is 0 Å². The van der Waals surface area contributed by atoms with Crippen molar-refractivity contribution in [1.29, 1.82) is 0 Å². The van der Waals surface area contributed by atoms with Crippen LogP contribution in [0.5, 0.6) is 5.75 Å². The van der Waals surface area contributed by atoms with E-state index in [1.807, 2.05) is 45.2 Å². The first-order chi connectivity index (χ1) is 29.1. The molecule has 316 valence electrons. The zero-order valence-corrected chi connectivity index (χ0v) is 36.2. The van der Waals surface area contributed by atoms with E-state index in [9.17, 15) is 14.0 Å². The average molecular weight is 844 g/mol. The number of fused-ring (bicyclic) bond motifs is 6. The molecule has 1 saturated heterocycles. The summed E-state index contributed by atoms with van der Waals surface area (Å²) < 4.78 is 35.4. The van der Waals surface area contributed by atoms with Crippen molar-refractivity contribution >= 4 is 44.5 Å². The number of amides is 2. The van der Waals surface area contributed by atoms with Crippen molar-refractivity contribution in [3.8, 4) is 39.5 Å². The van der Waals surface area contributed by atoms with Crippen LogP contribution >= 0.6 is 11.3 Å². The maximum atomic E-state index is 13.6. The second kappa shape index (κ2) is 15.4. The van der Waals surface area contributed by atoms with Gasteiger partial charge in [-0.2, -0.15) is 0 Å². The van der Waals surface area contributed by atoms with E-state index >= 15 is 0 Å². The highest BCUT2D eigenvalue weighted by Gasteiger charge is 2.36. The molecule has 7 aromatic rings. The molecule has 0 aliphatic carbocycles. The van der Waals surface area contributed by atoms with Gasteiger partial charge >= 0.3 is 12.2 Å². The number of hydrogen-bond donors (Lipinski definition) is 2. The van der Waals surface area contributed by atoms with Gasteiger partial charge in [-0.15, -0.1) is 11.3 Å². The van der Waals surface area contributed by atoms with E-state index in [4.69, 9.17) is 19.2 Å². The van der Waals surface area contributed by atoms with E-state index < -0.39 is 36.2 Å². The van der Waals surface area contributed by atoms with Crippen LogP contribution in [0.2, 0.25) is 0 Å². The number of carbonyl (C=O) groups is 2. The molecule has 14 heteroatoms. The normalized spacial score (nSPS) is 17.0. The number of alkyl halides is 1. The maximum Gasteiger partial charge on any atom is 0.410 e. The molecule has 2 amide bonds. The van der Waals surface area contributed by atoms with E-state index in [-0.39, 0.29) is 18.7 Å². The third-order valence-corrected chi connectivity index (χ3v) is 12.2. The van der Waals surface area contributed by atoms with Crippen LogP contribution in [0.1, 0.15) is 96.1 Å². The van der Waals surface area contributed by atoms with Crippen molar-refractivity contribution in [1.82, 2.24) is 34.3 Å². The molecule has 2 N–H and O–H groups in total. The first-order valence-corrected chi connectivity index (χ1v) is 21.6. The molecule has 0 radical (unpaired) electrons. The molecule has 6 heterocycles. The van der Waals surface area contributed by atoms with Gasteiger partial charge in [0.25, 0.3) is 0 Å². The molecule has 2 aliphatic heterocycles. The summed E-state index contributed by atoms with van der Waals surface area (Å²) >= 11 is 1.71. The minimum atomic E-state index is -0.725. The van der Waals surface area contributed by atoms with Crippen molar-refractivity contribution in [2.45, 2.75) is 90.8 Å². The van der Waals surface area contributed by atoms with Gasteiger partial charge < -0.3 is 24.2 Å². The molecule has 1 fully saturated rings. The number of ether oxygens (including phenoxy) is 3. The number of hydrogen-bond acceptors (Lipinski definition) is 8. The molecule has 61 heavy (non-hydrogen) atoms. The number of H-pyrrole nitrogens is 2. The van der Waals surface area contributed by atoms with Crippen molar-refractivity contribution in [2.24, 2.45) is 0 Å². The Hall–Kier alpha value is -6.15. The molecular weight excluding hydrogens is 794 g/mol. The van der Waals surface area contributed by atoms with E-state index in [0.29, 0.717) is 12.4 Å². The van der Waals surface area contributed by atoms with Gasteiger partial charge in [0, 0.05) is 33.3 Å². The van der Waals surface area contributed by atoms with Crippen LogP contribution in [-0.2, 0) is 9.47 Å². The number of halogens is 1. The Morgan fingerprint density at radius 1 is 0.918 bits per heavy atom. The third kappa shape index (κ3) is 7.84. The lowest BCUT2D eigenvalue weighted by atomic mass is 10.0. The first-order valence-electron chi connectivity index (χ1n) is 20.7. The number of rotatable bonds is 8. The lowest BCUT2D eigenvalue weighted by Crippen LogP contribution is -2.40. The predicted octanol–water partition coefficient (Wildman–Crippen LogP) is 11.6. The maximum absolute atomic E-state index is 13.6. The van der Waals surface area contributed by atoms with E-state index in [2.05, 4.69) is 74.1 Å². The minimum absolute atomic E-state index is 0.120. The Morgan fingerprint density at radius 3 is 2.43 bits per heavy atom. The summed E-state index contributed by atoms with van der Waals surface area (Å²) in [6.07, 6.45) is 3.89. The second-order valence-electron chi connectivity index (χ2n) is 17.8. The van der Waals surface area contributed by atoms with Crippen LogP contribution in [0.15, 0.2) is 85.2 Å². The van der Waals surface area contributed by atoms with Crippen LogP contribution < -0.4 is 4.74 Å². The summed E-state index contributed by atoms with van der Waals surface area (Å²) in [4.78, 5) is 46.6. The molecule has 2 aliphatic rings. The molecular formula is C47H50FN7O5S. The standard InChI is InChI=1S/C47H50FN7O5S/c1-27(53(20-18-48)44(56)59-46(2,3)4)41-49-25-34(51-41)29-14-16-32-37-22-31-21-28(33-26-50-42(52-33)36-12-10-19-54(36)45(57)60-47(5,6)7)15-17-35(31)55(37)43(58-38(32)23-29)40-24-30-11-8-9-13-39(30)61-40/h8-9,11,13-17,21-27,36,43H,10,12,18-20H2,1-7H3,(H,49,51)(H,50,52). The number of nitrogens with zero attached hydrogens (tertiary/aromatic N) is 5. The smallest absolute Gasteiger partial charge is 0.410 e. The first kappa shape index (κ1) is 40.3. The van der Waals surface area contributed by atoms with Gasteiger partial charge in [-0.25, -0.2) is 23.9 Å². The average Bonchev–Trinajstić information content (AvgIpc) is 4.06. The van der Waals surface area contributed by atoms with Crippen LogP contribution in [0.4, 0.5) is 14.0 Å². The lowest BCUT2D eigenvalue weighted by Gasteiger charge is -2.30. The molecule has 3 atom stereocenters. The highest BCUT2D eigenvalue weighted by atomic mass is 32.1. The fraction of sp³-hybridized carbons (Fsp3) is 0.362. The Bertz CT molecular complexity index is 2740. The van der Waals surface area contributed by atoms with Gasteiger partial charge in [0.05, 0.1) is 58.5 Å². The highest BCUT2D eigenvalue weighted by molar-refractivity contribution is 7.19. The number of imidazole rings is 2. The van der Waals surface area contributed by atoms with E-state index in [0.717, 1.165) is 79.4 Å². The van der Waals surface area contributed by atoms with Crippen LogP contribution in [-0.4, -0.2) is 77.5 Å². The lowest BCUT2D eigenvalue weighted by molar-refractivity contribution is 0.0152. The molecule has 9 rings (SSSR count). The molecule has 0 saturated carbocycles. The van der Waals surface area contributed by atoms with Crippen molar-refractivity contribution < 1.29 is 28.2 Å². The van der Waals surface area contributed by atoms with Gasteiger partial charge in [0.2, 0.25) is 6.23 Å². The Labute approximate surface area is 357 Å². The summed E-state index contributed by atoms with van der Waals surface area (Å²) in [5.41, 5.74) is 5.11. The van der Waals surface area contributed by atoms with Crippen molar-refractivity contribution in [3.05, 3.63) is 102 Å². The van der Waals surface area contributed by atoms with Crippen molar-refractivity contribution in [3.63, 3.8) is 0 Å². The second-order valence-corrected chi connectivity index (χ2v) is 18.9. The summed E-state index contributed by atoms with van der Waals surface area (Å²) in [7, 11) is 0. The Kier molecular flexibility index (Phi) is 10.2. The van der Waals surface area contributed by atoms with Gasteiger partial charge in [-0.05, 0) is 109 Å². The van der Waals surface area contributed by atoms with E-state index in [1.165, 1.54) is 9.60 Å². The van der Waals surface area contributed by atoms with Crippen molar-refractivity contribution in [2.75, 3.05) is 19.8 Å². The summed E-state index contributed by atoms with van der Waals surface area (Å²) in [5, 5.41) is 2.20. The Morgan fingerprint density at radius 2 is 1.66 bits per heavy atom. The van der Waals surface area contributed by atoms with Crippen LogP contribution in [0, 0.1) is 0 Å². The van der Waals surface area contributed by atoms with Gasteiger partial charge in [-0.1, -0.05) is 30.3 Å². The fourth-order valence-electron chi connectivity index (χ4n) is 8.29. The molecule has 3 aromatic carbocycles. The molecule has 0 spiro atoms. The zero-order valence-electron chi connectivity index (χ0n) is 35.4. The Balaban J connectivity index is 1.06. The van der Waals surface area contributed by atoms with E-state index in [1.54, 1.807) is 50.1 Å². The predicted molar refractivity (Wildman–Crippen MR) is 235 cm³/mol. The monoisotopic (exact) mass is 843 g/mol. The third-order valence-electron chi connectivity index (χ3n) is 11.1. The van der Waals surface area contributed by atoms with Gasteiger partial charge in [0.1, 0.15) is 35.3 Å². The SMILES string of the molecule is CC(c1ncc(-c2ccc3c(c2)OC(c2cc4ccccc4s2)n2c-3cc3cc(-c4cnc(C5CCCN5C(=O)OC(C)(C)C)[nH]4)ccc32)[nH]1)N(CCF)C(=O)OC(C)(C)C. The number of nitrogens with one attached hydrogen (secondary N) is 2. The van der Waals surface area contributed by atoms with Gasteiger partial charge in [0.15, 0.2) is 0 Å². The summed E-state index contributed by atoms with van der Waals surface area (Å²) in [6, 6.07) is 24.5. The topological polar surface area (TPSA) is 131 Å². The minimum Gasteiger partial charge on any atom is -0.464 e. The van der Waals surface area contributed by atoms with Gasteiger partial charge in [-0.3, -0.25) is 14.4 Å².